The van der Waals surface area contributed by atoms with Crippen molar-refractivity contribution in [2.75, 3.05) is 31.2 Å². The Kier molecular flexibility index (Phi) is 4.58. The second-order valence-electron chi connectivity index (χ2n) is 6.32. The van der Waals surface area contributed by atoms with Gasteiger partial charge < -0.3 is 20.1 Å². The van der Waals surface area contributed by atoms with Gasteiger partial charge in [0.25, 0.3) is 0 Å². The quantitative estimate of drug-likeness (QED) is 0.900. The van der Waals surface area contributed by atoms with Crippen molar-refractivity contribution < 1.29 is 18.3 Å². The Morgan fingerprint density at radius 1 is 1.24 bits per heavy atom. The fourth-order valence-corrected chi connectivity index (χ4v) is 3.89. The van der Waals surface area contributed by atoms with Gasteiger partial charge in [-0.05, 0) is 25.0 Å². The number of rotatable bonds is 4. The lowest BCUT2D eigenvalue weighted by Gasteiger charge is -2.33. The van der Waals surface area contributed by atoms with Gasteiger partial charge in [-0.25, -0.2) is 9.37 Å². The lowest BCUT2D eigenvalue weighted by Crippen LogP contribution is -2.43. The number of hydrogen-bond acceptors (Lipinski definition) is 6. The third-order valence-corrected chi connectivity index (χ3v) is 5.42. The number of morpholine rings is 1. The predicted molar refractivity (Wildman–Crippen MR) is 92.1 cm³/mol. The van der Waals surface area contributed by atoms with E-state index in [9.17, 15) is 8.78 Å². The molecule has 0 amide bonds. The summed E-state index contributed by atoms with van der Waals surface area (Å²) in [6, 6.07) is 2.69. The van der Waals surface area contributed by atoms with Crippen molar-refractivity contribution in [1.29, 1.82) is 0 Å². The minimum absolute atomic E-state index is 0.0669. The maximum atomic E-state index is 14.3. The van der Waals surface area contributed by atoms with Gasteiger partial charge in [0.1, 0.15) is 6.10 Å². The molecule has 0 radical (unpaired) electrons. The lowest BCUT2D eigenvalue weighted by molar-refractivity contribution is 0.0960. The smallest absolute Gasteiger partial charge is 0.201 e. The van der Waals surface area contributed by atoms with Crippen LogP contribution in [0, 0.1) is 11.6 Å². The molecule has 2 aliphatic rings. The second kappa shape index (κ2) is 6.86. The van der Waals surface area contributed by atoms with E-state index in [1.54, 1.807) is 0 Å². The summed E-state index contributed by atoms with van der Waals surface area (Å²) < 4.78 is 39.1. The molecule has 4 rings (SSSR count). The molecule has 0 unspecified atom stereocenters. The van der Waals surface area contributed by atoms with E-state index in [1.165, 1.54) is 17.4 Å². The van der Waals surface area contributed by atoms with Gasteiger partial charge in [0.2, 0.25) is 5.82 Å². The lowest BCUT2D eigenvalue weighted by atomic mass is 9.90. The molecule has 1 aliphatic carbocycles. The molecule has 2 N–H and O–H groups in total. The molecule has 2 fully saturated rings. The standard InChI is InChI=1S/C17H19F2N3O2S/c18-13-2-1-12(16(15(13)19)24-11-7-10(20)8-11)14-9-25-17(21-14)22-3-5-23-6-4-22/h1-2,9-11H,3-8,20H2. The molecule has 1 aliphatic heterocycles. The Labute approximate surface area is 148 Å². The fraction of sp³-hybridized carbons (Fsp3) is 0.471. The van der Waals surface area contributed by atoms with E-state index in [0.29, 0.717) is 37.3 Å². The van der Waals surface area contributed by atoms with Crippen molar-refractivity contribution in [2.45, 2.75) is 25.0 Å². The van der Waals surface area contributed by atoms with E-state index in [0.717, 1.165) is 24.3 Å². The second-order valence-corrected chi connectivity index (χ2v) is 7.16. The van der Waals surface area contributed by atoms with Crippen molar-refractivity contribution in [2.24, 2.45) is 5.73 Å². The molecular formula is C17H19F2N3O2S. The van der Waals surface area contributed by atoms with E-state index in [1.807, 2.05) is 5.38 Å². The Morgan fingerprint density at radius 3 is 2.72 bits per heavy atom. The number of benzene rings is 1. The zero-order valence-electron chi connectivity index (χ0n) is 13.6. The molecule has 1 saturated carbocycles. The number of anilines is 1. The largest absolute Gasteiger partial charge is 0.486 e. The van der Waals surface area contributed by atoms with Crippen molar-refractivity contribution >= 4 is 16.5 Å². The Bertz CT molecular complexity index is 758. The number of thiazole rings is 1. The summed E-state index contributed by atoms with van der Waals surface area (Å²) in [7, 11) is 0. The fourth-order valence-electron chi connectivity index (χ4n) is 3.01. The average molecular weight is 367 g/mol. The summed E-state index contributed by atoms with van der Waals surface area (Å²) in [5.74, 6) is -1.97. The van der Waals surface area contributed by atoms with Crippen LogP contribution in [-0.4, -0.2) is 43.4 Å². The van der Waals surface area contributed by atoms with Crippen molar-refractivity contribution in [1.82, 2.24) is 4.98 Å². The zero-order chi connectivity index (χ0) is 17.4. The highest BCUT2D eigenvalue weighted by Crippen LogP contribution is 2.38. The van der Waals surface area contributed by atoms with Crippen LogP contribution in [0.4, 0.5) is 13.9 Å². The molecule has 0 spiro atoms. The number of hydrogen-bond donors (Lipinski definition) is 1. The van der Waals surface area contributed by atoms with E-state index < -0.39 is 11.6 Å². The summed E-state index contributed by atoms with van der Waals surface area (Å²) in [5, 5.41) is 2.69. The van der Waals surface area contributed by atoms with Gasteiger partial charge in [-0.2, -0.15) is 4.39 Å². The van der Waals surface area contributed by atoms with Crippen LogP contribution in [0.3, 0.4) is 0 Å². The van der Waals surface area contributed by atoms with E-state index in [-0.39, 0.29) is 17.9 Å². The highest BCUT2D eigenvalue weighted by molar-refractivity contribution is 7.14. The van der Waals surface area contributed by atoms with Gasteiger partial charge in [-0.1, -0.05) is 0 Å². The van der Waals surface area contributed by atoms with Gasteiger partial charge in [0.05, 0.1) is 18.9 Å². The molecule has 0 atom stereocenters. The highest BCUT2D eigenvalue weighted by atomic mass is 32.1. The monoisotopic (exact) mass is 367 g/mol. The highest BCUT2D eigenvalue weighted by Gasteiger charge is 2.30. The summed E-state index contributed by atoms with van der Waals surface area (Å²) in [5.41, 5.74) is 6.81. The van der Waals surface area contributed by atoms with E-state index in [4.69, 9.17) is 15.2 Å². The van der Waals surface area contributed by atoms with Gasteiger partial charge >= 0.3 is 0 Å². The van der Waals surface area contributed by atoms with Crippen LogP contribution in [0.5, 0.6) is 5.75 Å². The summed E-state index contributed by atoms with van der Waals surface area (Å²) in [6.07, 6.45) is 1.11. The molecule has 25 heavy (non-hydrogen) atoms. The van der Waals surface area contributed by atoms with Gasteiger partial charge in [-0.15, -0.1) is 11.3 Å². The van der Waals surface area contributed by atoms with Crippen LogP contribution < -0.4 is 15.4 Å². The number of nitrogens with two attached hydrogens (primary N) is 1. The predicted octanol–water partition coefficient (Wildman–Crippen LogP) is 2.79. The number of ether oxygens (including phenoxy) is 2. The first kappa shape index (κ1) is 16.7. The third-order valence-electron chi connectivity index (χ3n) is 4.52. The molecular weight excluding hydrogens is 348 g/mol. The van der Waals surface area contributed by atoms with Crippen LogP contribution >= 0.6 is 11.3 Å². The number of nitrogens with zero attached hydrogens (tertiary/aromatic N) is 2. The SMILES string of the molecule is NC1CC(Oc2c(-c3csc(N4CCOCC4)n3)ccc(F)c2F)C1. The normalized spacial score (nSPS) is 23.4. The maximum absolute atomic E-state index is 14.3. The molecule has 1 saturated heterocycles. The molecule has 0 bridgehead atoms. The summed E-state index contributed by atoms with van der Waals surface area (Å²) >= 11 is 1.48. The molecule has 8 heteroatoms. The van der Waals surface area contributed by atoms with Crippen LogP contribution in [0.1, 0.15) is 12.8 Å². The topological polar surface area (TPSA) is 60.6 Å². The maximum Gasteiger partial charge on any atom is 0.201 e. The Hall–Kier alpha value is -1.77. The number of halogens is 2. The minimum Gasteiger partial charge on any atom is -0.486 e. The van der Waals surface area contributed by atoms with Gasteiger partial charge in [-0.3, -0.25) is 0 Å². The molecule has 1 aromatic heterocycles. The summed E-state index contributed by atoms with van der Waals surface area (Å²) in [4.78, 5) is 6.72. The van der Waals surface area contributed by atoms with Gasteiger partial charge in [0, 0.05) is 30.1 Å². The molecule has 1 aromatic carbocycles. The van der Waals surface area contributed by atoms with Gasteiger partial charge in [0.15, 0.2) is 16.7 Å². The Morgan fingerprint density at radius 2 is 2.00 bits per heavy atom. The molecule has 5 nitrogen and oxygen atoms in total. The first-order chi connectivity index (χ1) is 12.1. The third kappa shape index (κ3) is 3.33. The number of aromatic nitrogens is 1. The summed E-state index contributed by atoms with van der Waals surface area (Å²) in [6.45, 7) is 2.87. The average Bonchev–Trinajstić information content (AvgIpc) is 3.08. The van der Waals surface area contributed by atoms with Crippen LogP contribution in [0.25, 0.3) is 11.3 Å². The van der Waals surface area contributed by atoms with E-state index >= 15 is 0 Å². The Balaban J connectivity index is 1.63. The first-order valence-corrected chi connectivity index (χ1v) is 9.18. The van der Waals surface area contributed by atoms with Crippen molar-refractivity contribution in [3.05, 3.63) is 29.1 Å². The molecule has 2 aromatic rings. The first-order valence-electron chi connectivity index (χ1n) is 8.30. The molecule has 134 valence electrons. The molecule has 2 heterocycles. The van der Waals surface area contributed by atoms with Crippen LogP contribution in [0.15, 0.2) is 17.5 Å². The van der Waals surface area contributed by atoms with Crippen molar-refractivity contribution in [3.63, 3.8) is 0 Å². The van der Waals surface area contributed by atoms with Crippen LogP contribution in [-0.2, 0) is 4.74 Å². The minimum atomic E-state index is -0.973. The zero-order valence-corrected chi connectivity index (χ0v) is 14.4. The van der Waals surface area contributed by atoms with Crippen molar-refractivity contribution in [3.8, 4) is 17.0 Å². The van der Waals surface area contributed by atoms with Crippen LogP contribution in [0.2, 0.25) is 0 Å². The van der Waals surface area contributed by atoms with E-state index in [2.05, 4.69) is 9.88 Å².